The van der Waals surface area contributed by atoms with Crippen LogP contribution < -0.4 is 9.80 Å². The summed E-state index contributed by atoms with van der Waals surface area (Å²) in [7, 11) is 1.37. The van der Waals surface area contributed by atoms with E-state index in [1.54, 1.807) is 38.1 Å². The summed E-state index contributed by atoms with van der Waals surface area (Å²) < 4.78 is 5.45. The number of carbonyl (C=O) groups is 4. The third kappa shape index (κ3) is 3.82. The molecule has 11 heteroatoms. The number of likely N-dealkylation sites (tertiary alicyclic amines) is 1. The molecular weight excluding hydrogens is 605 g/mol. The van der Waals surface area contributed by atoms with Gasteiger partial charge in [0.1, 0.15) is 5.75 Å². The number of amides is 4. The number of allylic oxidation sites excluding steroid dienone is 2. The molecule has 2 aromatic rings. The Kier molecular flexibility index (Phi) is 6.70. The lowest BCUT2D eigenvalue weighted by Gasteiger charge is -2.51. The van der Waals surface area contributed by atoms with Gasteiger partial charge in [0.15, 0.2) is 9.75 Å². The van der Waals surface area contributed by atoms with Crippen molar-refractivity contribution in [1.82, 2.24) is 4.90 Å². The zero-order valence-electron chi connectivity index (χ0n) is 24.7. The predicted molar refractivity (Wildman–Crippen MR) is 165 cm³/mol. The number of phenols is 1. The Morgan fingerprint density at radius 2 is 1.50 bits per heavy atom. The Hall–Kier alpha value is -3.40. The van der Waals surface area contributed by atoms with Gasteiger partial charge in [-0.15, -0.1) is 23.2 Å². The molecule has 6 atom stereocenters. The van der Waals surface area contributed by atoms with Crippen molar-refractivity contribution >= 4 is 58.2 Å². The number of fused-ring (bicyclic) bond motifs is 4. The van der Waals surface area contributed by atoms with Crippen LogP contribution in [0, 0.1) is 31.6 Å². The van der Waals surface area contributed by atoms with Crippen LogP contribution in [0.3, 0.4) is 0 Å². The number of aryl methyl sites for hydroxylation is 2. The number of anilines is 2. The quantitative estimate of drug-likeness (QED) is 0.307. The van der Waals surface area contributed by atoms with Crippen molar-refractivity contribution in [3.05, 3.63) is 64.7 Å². The maximum Gasteiger partial charge on any atom is 0.253 e. The molecule has 0 radical (unpaired) electrons. The summed E-state index contributed by atoms with van der Waals surface area (Å²) in [5.74, 6) is -4.60. The molecule has 3 aliphatic heterocycles. The summed E-state index contributed by atoms with van der Waals surface area (Å²) in [6.45, 7) is 6.32. The second-order valence-electron chi connectivity index (χ2n) is 12.6. The van der Waals surface area contributed by atoms with Crippen molar-refractivity contribution < 1.29 is 29.0 Å². The highest BCUT2D eigenvalue weighted by atomic mass is 35.5. The molecule has 5 aliphatic rings. The van der Waals surface area contributed by atoms with Gasteiger partial charge < -0.3 is 14.7 Å². The van der Waals surface area contributed by atoms with Crippen molar-refractivity contribution in [3.63, 3.8) is 0 Å². The van der Waals surface area contributed by atoms with Crippen LogP contribution in [-0.4, -0.2) is 76.7 Å². The van der Waals surface area contributed by atoms with Gasteiger partial charge in [-0.1, -0.05) is 23.8 Å². The third-order valence-corrected chi connectivity index (χ3v) is 11.8. The van der Waals surface area contributed by atoms with E-state index in [9.17, 15) is 24.3 Å². The second kappa shape index (κ2) is 10.1. The third-order valence-electron chi connectivity index (χ3n) is 10.3. The van der Waals surface area contributed by atoms with E-state index in [1.165, 1.54) is 11.9 Å². The smallest absolute Gasteiger partial charge is 0.253 e. The first-order valence-corrected chi connectivity index (χ1v) is 15.7. The number of nitrogens with zero attached hydrogens (tertiary/aromatic N) is 3. The molecule has 4 amide bonds. The van der Waals surface area contributed by atoms with Crippen LogP contribution in [0.5, 0.6) is 5.75 Å². The fourth-order valence-electron chi connectivity index (χ4n) is 8.16. The minimum absolute atomic E-state index is 0.0602. The first-order chi connectivity index (χ1) is 20.9. The zero-order valence-corrected chi connectivity index (χ0v) is 26.2. The molecule has 7 rings (SSSR count). The van der Waals surface area contributed by atoms with Crippen LogP contribution in [0.1, 0.15) is 35.4 Å². The van der Waals surface area contributed by atoms with Crippen LogP contribution >= 0.6 is 23.2 Å². The second-order valence-corrected chi connectivity index (χ2v) is 13.9. The molecule has 6 unspecified atom stereocenters. The standard InChI is InChI=1S/C33H33Cl2N3O6/c1-17-14-19(15-18(2)27(17)39)26-22-8-9-23-25(24(22)16-32(34)30(42)36(3)31(43)33(26,32)35)29(41)38(28(23)40)21-6-4-20(5-7-21)37-10-12-44-13-11-37/h4-8,14-15,23-26,39H,9-13,16H2,1-3H3. The monoisotopic (exact) mass is 637 g/mol. The average Bonchev–Trinajstić information content (AvgIpc) is 3.35. The van der Waals surface area contributed by atoms with Crippen molar-refractivity contribution in [3.8, 4) is 5.75 Å². The van der Waals surface area contributed by atoms with Crippen molar-refractivity contribution in [1.29, 1.82) is 0 Å². The Morgan fingerprint density at radius 1 is 0.886 bits per heavy atom. The molecule has 230 valence electrons. The van der Waals surface area contributed by atoms with Gasteiger partial charge in [-0.25, -0.2) is 0 Å². The van der Waals surface area contributed by atoms with E-state index < -0.39 is 45.2 Å². The molecule has 2 aliphatic carbocycles. The summed E-state index contributed by atoms with van der Waals surface area (Å²) in [6.07, 6.45) is 2.15. The number of phenolic OH excluding ortho intramolecular Hbond substituents is 1. The average molecular weight is 639 g/mol. The Balaban J connectivity index is 1.30. The summed E-state index contributed by atoms with van der Waals surface area (Å²) in [5, 5.41) is 10.5. The molecule has 3 saturated heterocycles. The largest absolute Gasteiger partial charge is 0.507 e. The van der Waals surface area contributed by atoms with Crippen LogP contribution in [0.2, 0.25) is 0 Å². The van der Waals surface area contributed by atoms with Crippen LogP contribution in [-0.2, 0) is 23.9 Å². The maximum atomic E-state index is 14.3. The molecule has 1 N–H and O–H groups in total. The summed E-state index contributed by atoms with van der Waals surface area (Å²) >= 11 is 14.5. The highest BCUT2D eigenvalue weighted by Gasteiger charge is 2.75. The van der Waals surface area contributed by atoms with Gasteiger partial charge in [0, 0.05) is 31.7 Å². The number of imide groups is 2. The molecule has 2 aromatic carbocycles. The normalized spacial score (nSPS) is 33.4. The Labute approximate surface area is 265 Å². The number of rotatable bonds is 3. The lowest BCUT2D eigenvalue weighted by atomic mass is 9.56. The van der Waals surface area contributed by atoms with E-state index >= 15 is 0 Å². The van der Waals surface area contributed by atoms with Gasteiger partial charge in [-0.05, 0) is 73.6 Å². The molecule has 0 bridgehead atoms. The molecule has 1 saturated carbocycles. The number of morpholine rings is 1. The Morgan fingerprint density at radius 3 is 2.14 bits per heavy atom. The lowest BCUT2D eigenvalue weighted by Crippen LogP contribution is -2.60. The summed E-state index contributed by atoms with van der Waals surface area (Å²) in [5.41, 5.74) is 3.99. The predicted octanol–water partition coefficient (Wildman–Crippen LogP) is 4.04. The van der Waals surface area contributed by atoms with Crippen LogP contribution in [0.4, 0.5) is 11.4 Å². The fraction of sp³-hybridized carbons (Fsp3) is 0.455. The molecule has 44 heavy (non-hydrogen) atoms. The van der Waals surface area contributed by atoms with E-state index in [2.05, 4.69) is 4.90 Å². The number of aromatic hydroxyl groups is 1. The van der Waals surface area contributed by atoms with E-state index in [-0.39, 0.29) is 30.4 Å². The van der Waals surface area contributed by atoms with Crippen molar-refractivity contribution in [2.24, 2.45) is 17.8 Å². The Bertz CT molecular complexity index is 1630. The van der Waals surface area contributed by atoms with Gasteiger partial charge in [0.2, 0.25) is 11.8 Å². The highest BCUT2D eigenvalue weighted by Crippen LogP contribution is 2.65. The molecule has 3 heterocycles. The van der Waals surface area contributed by atoms with Crippen molar-refractivity contribution in [2.75, 3.05) is 43.2 Å². The number of benzene rings is 2. The van der Waals surface area contributed by atoms with Gasteiger partial charge in [-0.3, -0.25) is 29.0 Å². The van der Waals surface area contributed by atoms with Gasteiger partial charge >= 0.3 is 0 Å². The van der Waals surface area contributed by atoms with E-state index in [4.69, 9.17) is 27.9 Å². The molecule has 0 aromatic heterocycles. The van der Waals surface area contributed by atoms with E-state index in [0.717, 1.165) is 29.2 Å². The van der Waals surface area contributed by atoms with E-state index in [1.807, 2.05) is 18.2 Å². The first kappa shape index (κ1) is 29.3. The van der Waals surface area contributed by atoms with E-state index in [0.29, 0.717) is 35.6 Å². The minimum atomic E-state index is -1.86. The number of alkyl halides is 2. The molecule has 9 nitrogen and oxygen atoms in total. The SMILES string of the molecule is Cc1cc(C2C3=CCC4C(=O)N(c5ccc(N6CCOCC6)cc5)C(=O)C4C3CC3(Cl)C(=O)N(C)C(=O)C23Cl)cc(C)c1O. The number of ether oxygens (including phenoxy) is 1. The van der Waals surface area contributed by atoms with Gasteiger partial charge in [0.25, 0.3) is 11.8 Å². The summed E-state index contributed by atoms with van der Waals surface area (Å²) in [6, 6.07) is 10.9. The number of hydrogen-bond donors (Lipinski definition) is 1. The van der Waals surface area contributed by atoms with Crippen LogP contribution in [0.15, 0.2) is 48.0 Å². The molecule has 4 fully saturated rings. The fourth-order valence-corrected chi connectivity index (χ4v) is 9.18. The van der Waals surface area contributed by atoms with Gasteiger partial charge in [0.05, 0.1) is 30.7 Å². The van der Waals surface area contributed by atoms with Crippen LogP contribution in [0.25, 0.3) is 0 Å². The van der Waals surface area contributed by atoms with Gasteiger partial charge in [-0.2, -0.15) is 0 Å². The maximum absolute atomic E-state index is 14.3. The minimum Gasteiger partial charge on any atom is -0.507 e. The lowest BCUT2D eigenvalue weighted by molar-refractivity contribution is -0.138. The first-order valence-electron chi connectivity index (χ1n) is 14.9. The highest BCUT2D eigenvalue weighted by molar-refractivity contribution is 6.53. The van der Waals surface area contributed by atoms with Crippen molar-refractivity contribution in [2.45, 2.75) is 42.4 Å². The number of carbonyl (C=O) groups excluding carboxylic acids is 4. The molecule has 0 spiro atoms. The summed E-state index contributed by atoms with van der Waals surface area (Å²) in [4.78, 5) is 56.3. The molecular formula is C33H33Cl2N3O6. The number of halogens is 2. The number of hydrogen-bond acceptors (Lipinski definition) is 7. The zero-order chi connectivity index (χ0) is 31.3. The topological polar surface area (TPSA) is 107 Å².